The first-order chi connectivity index (χ1) is 7.28. The number of carbonyl (C=O) groups excluding carboxylic acids is 1. The van der Waals surface area contributed by atoms with Gasteiger partial charge in [-0.25, -0.2) is 0 Å². The molecule has 0 spiro atoms. The SMILES string of the molecule is COCCN1C(=O)CC(C)(C)NCC1(C)C. The van der Waals surface area contributed by atoms with Gasteiger partial charge in [-0.15, -0.1) is 0 Å². The van der Waals surface area contributed by atoms with E-state index < -0.39 is 0 Å². The first-order valence-electron chi connectivity index (χ1n) is 5.83. The first-order valence-corrected chi connectivity index (χ1v) is 5.83. The van der Waals surface area contributed by atoms with E-state index in [1.807, 2.05) is 4.90 Å². The van der Waals surface area contributed by atoms with Gasteiger partial charge in [0.05, 0.1) is 6.61 Å². The van der Waals surface area contributed by atoms with Crippen LogP contribution in [0.2, 0.25) is 0 Å². The van der Waals surface area contributed by atoms with E-state index in [0.29, 0.717) is 19.6 Å². The van der Waals surface area contributed by atoms with E-state index in [4.69, 9.17) is 4.74 Å². The van der Waals surface area contributed by atoms with Gasteiger partial charge in [0.25, 0.3) is 0 Å². The maximum atomic E-state index is 12.2. The molecule has 0 atom stereocenters. The molecule has 0 saturated carbocycles. The predicted molar refractivity (Wildman–Crippen MR) is 64.4 cm³/mol. The number of ether oxygens (including phenoxy) is 1. The molecule has 0 aromatic rings. The van der Waals surface area contributed by atoms with Gasteiger partial charge < -0.3 is 15.0 Å². The van der Waals surface area contributed by atoms with Crippen molar-refractivity contribution in [2.75, 3.05) is 26.8 Å². The molecular formula is C12H24N2O2. The second kappa shape index (κ2) is 4.72. The van der Waals surface area contributed by atoms with E-state index in [-0.39, 0.29) is 17.0 Å². The van der Waals surface area contributed by atoms with Crippen molar-refractivity contribution >= 4 is 5.91 Å². The van der Waals surface area contributed by atoms with Gasteiger partial charge in [0, 0.05) is 37.7 Å². The van der Waals surface area contributed by atoms with Gasteiger partial charge in [0.1, 0.15) is 0 Å². The standard InChI is InChI=1S/C12H24N2O2/c1-11(2)8-10(15)14(6-7-16-5)12(3,4)9-13-11/h13H,6-9H2,1-5H3. The van der Waals surface area contributed by atoms with Crippen molar-refractivity contribution in [3.63, 3.8) is 0 Å². The summed E-state index contributed by atoms with van der Waals surface area (Å²) in [5.41, 5.74) is -0.264. The Kier molecular flexibility index (Phi) is 3.97. The molecule has 0 radical (unpaired) electrons. The molecule has 1 saturated heterocycles. The Morgan fingerprint density at radius 2 is 2.00 bits per heavy atom. The lowest BCUT2D eigenvalue weighted by Gasteiger charge is -2.36. The quantitative estimate of drug-likeness (QED) is 0.784. The van der Waals surface area contributed by atoms with Crippen molar-refractivity contribution in [3.8, 4) is 0 Å². The third kappa shape index (κ3) is 3.19. The van der Waals surface area contributed by atoms with Gasteiger partial charge in [0.2, 0.25) is 5.91 Å². The highest BCUT2D eigenvalue weighted by molar-refractivity contribution is 5.78. The van der Waals surface area contributed by atoms with Crippen molar-refractivity contribution in [1.29, 1.82) is 0 Å². The molecule has 0 unspecified atom stereocenters. The Bertz CT molecular complexity index is 262. The number of nitrogens with zero attached hydrogens (tertiary/aromatic N) is 1. The molecule has 0 aliphatic carbocycles. The molecule has 1 N–H and O–H groups in total. The lowest BCUT2D eigenvalue weighted by Crippen LogP contribution is -2.52. The second-order valence-electron chi connectivity index (χ2n) is 5.76. The smallest absolute Gasteiger partial charge is 0.224 e. The largest absolute Gasteiger partial charge is 0.383 e. The lowest BCUT2D eigenvalue weighted by atomic mass is 10.0. The summed E-state index contributed by atoms with van der Waals surface area (Å²) < 4.78 is 5.06. The van der Waals surface area contributed by atoms with Crippen LogP contribution in [0.1, 0.15) is 34.1 Å². The molecule has 0 aromatic heterocycles. The van der Waals surface area contributed by atoms with Gasteiger partial charge >= 0.3 is 0 Å². The Morgan fingerprint density at radius 1 is 1.38 bits per heavy atom. The number of hydrogen-bond donors (Lipinski definition) is 1. The van der Waals surface area contributed by atoms with Crippen molar-refractivity contribution in [2.24, 2.45) is 0 Å². The van der Waals surface area contributed by atoms with E-state index in [1.165, 1.54) is 0 Å². The van der Waals surface area contributed by atoms with Gasteiger partial charge in [0.15, 0.2) is 0 Å². The van der Waals surface area contributed by atoms with Crippen molar-refractivity contribution in [3.05, 3.63) is 0 Å². The highest BCUT2D eigenvalue weighted by Crippen LogP contribution is 2.23. The topological polar surface area (TPSA) is 41.6 Å². The number of hydrogen-bond acceptors (Lipinski definition) is 3. The average Bonchev–Trinajstić information content (AvgIpc) is 2.21. The number of methoxy groups -OCH3 is 1. The fraction of sp³-hybridized carbons (Fsp3) is 0.917. The molecule has 1 rings (SSSR count). The maximum absolute atomic E-state index is 12.2. The van der Waals surface area contributed by atoms with Gasteiger partial charge in [-0.3, -0.25) is 4.79 Å². The lowest BCUT2D eigenvalue weighted by molar-refractivity contribution is -0.136. The zero-order valence-electron chi connectivity index (χ0n) is 11.1. The minimum absolute atomic E-state index is 0.115. The first kappa shape index (κ1) is 13.5. The van der Waals surface area contributed by atoms with E-state index >= 15 is 0 Å². The van der Waals surface area contributed by atoms with E-state index in [0.717, 1.165) is 6.54 Å². The molecule has 1 aliphatic rings. The van der Waals surface area contributed by atoms with Gasteiger partial charge in [-0.1, -0.05) is 0 Å². The summed E-state index contributed by atoms with van der Waals surface area (Å²) in [6, 6.07) is 0. The van der Waals surface area contributed by atoms with Crippen LogP contribution in [0.4, 0.5) is 0 Å². The number of carbonyl (C=O) groups is 1. The minimum atomic E-state index is -0.149. The van der Waals surface area contributed by atoms with Crippen LogP contribution in [0.25, 0.3) is 0 Å². The average molecular weight is 228 g/mol. The van der Waals surface area contributed by atoms with Crippen LogP contribution in [0, 0.1) is 0 Å². The monoisotopic (exact) mass is 228 g/mol. The van der Waals surface area contributed by atoms with Crippen molar-refractivity contribution in [2.45, 2.75) is 45.2 Å². The summed E-state index contributed by atoms with van der Waals surface area (Å²) in [5.74, 6) is 0.206. The normalized spacial score (nSPS) is 24.3. The zero-order chi connectivity index (χ0) is 12.4. The highest BCUT2D eigenvalue weighted by atomic mass is 16.5. The summed E-state index contributed by atoms with van der Waals surface area (Å²) in [6.07, 6.45) is 0.542. The molecule has 16 heavy (non-hydrogen) atoms. The summed E-state index contributed by atoms with van der Waals surface area (Å²) >= 11 is 0. The number of rotatable bonds is 3. The number of nitrogens with one attached hydrogen (secondary N) is 1. The zero-order valence-corrected chi connectivity index (χ0v) is 11.1. The van der Waals surface area contributed by atoms with Crippen molar-refractivity contribution in [1.82, 2.24) is 10.2 Å². The van der Waals surface area contributed by atoms with Gasteiger partial charge in [-0.05, 0) is 27.7 Å². The molecule has 1 aliphatic heterocycles. The molecular weight excluding hydrogens is 204 g/mol. The Balaban J connectivity index is 2.81. The molecule has 0 aromatic carbocycles. The molecule has 1 heterocycles. The number of amides is 1. The van der Waals surface area contributed by atoms with Crippen LogP contribution in [0.5, 0.6) is 0 Å². The highest BCUT2D eigenvalue weighted by Gasteiger charge is 2.38. The summed E-state index contributed by atoms with van der Waals surface area (Å²) in [6.45, 7) is 10.4. The van der Waals surface area contributed by atoms with Gasteiger partial charge in [-0.2, -0.15) is 0 Å². The maximum Gasteiger partial charge on any atom is 0.224 e. The van der Waals surface area contributed by atoms with E-state index in [2.05, 4.69) is 33.0 Å². The Morgan fingerprint density at radius 3 is 2.56 bits per heavy atom. The van der Waals surface area contributed by atoms with Crippen LogP contribution in [0.3, 0.4) is 0 Å². The van der Waals surface area contributed by atoms with Crippen LogP contribution in [0.15, 0.2) is 0 Å². The van der Waals surface area contributed by atoms with E-state index in [1.54, 1.807) is 7.11 Å². The minimum Gasteiger partial charge on any atom is -0.383 e. The Hall–Kier alpha value is -0.610. The summed E-state index contributed by atoms with van der Waals surface area (Å²) in [5, 5.41) is 3.44. The summed E-state index contributed by atoms with van der Waals surface area (Å²) in [4.78, 5) is 14.1. The molecule has 94 valence electrons. The van der Waals surface area contributed by atoms with Crippen LogP contribution in [-0.2, 0) is 9.53 Å². The van der Waals surface area contributed by atoms with Crippen molar-refractivity contribution < 1.29 is 9.53 Å². The molecule has 1 amide bonds. The molecule has 0 bridgehead atoms. The molecule has 4 nitrogen and oxygen atoms in total. The third-order valence-electron chi connectivity index (χ3n) is 3.14. The fourth-order valence-electron chi connectivity index (χ4n) is 2.03. The van der Waals surface area contributed by atoms with Crippen LogP contribution in [-0.4, -0.2) is 48.7 Å². The Labute approximate surface area is 98.3 Å². The second-order valence-corrected chi connectivity index (χ2v) is 5.76. The van der Waals surface area contributed by atoms with Crippen LogP contribution >= 0.6 is 0 Å². The fourth-order valence-corrected chi connectivity index (χ4v) is 2.03. The van der Waals surface area contributed by atoms with Crippen LogP contribution < -0.4 is 5.32 Å². The summed E-state index contributed by atoms with van der Waals surface area (Å²) in [7, 11) is 1.66. The third-order valence-corrected chi connectivity index (χ3v) is 3.14. The predicted octanol–water partition coefficient (Wildman–Crippen LogP) is 1.01. The molecule has 1 fully saturated rings. The molecule has 4 heteroatoms. The van der Waals surface area contributed by atoms with E-state index in [9.17, 15) is 4.79 Å².